The van der Waals surface area contributed by atoms with Crippen LogP contribution in [0.1, 0.15) is 17.0 Å². The molecule has 0 aliphatic carbocycles. The lowest BCUT2D eigenvalue weighted by molar-refractivity contribution is -0.274. The number of rotatable bonds is 4. The Kier molecular flexibility index (Phi) is 5.04. The Balaban J connectivity index is 1.64. The molecule has 2 aromatic heterocycles. The second-order valence-corrected chi connectivity index (χ2v) is 6.57. The van der Waals surface area contributed by atoms with Gasteiger partial charge in [0.2, 0.25) is 0 Å². The van der Waals surface area contributed by atoms with E-state index in [0.717, 1.165) is 18.2 Å². The van der Waals surface area contributed by atoms with E-state index in [4.69, 9.17) is 9.78 Å². The van der Waals surface area contributed by atoms with Gasteiger partial charge in [0.1, 0.15) is 5.75 Å². The van der Waals surface area contributed by atoms with Gasteiger partial charge in [-0.1, -0.05) is 11.2 Å². The van der Waals surface area contributed by atoms with Crippen molar-refractivity contribution in [3.05, 3.63) is 65.6 Å². The molecule has 0 atom stereocenters. The Morgan fingerprint density at radius 1 is 1.06 bits per heavy atom. The number of nitriles is 1. The molecule has 4 aromatic rings. The average Bonchev–Trinajstić information content (AvgIpc) is 3.33. The van der Waals surface area contributed by atoms with Crippen molar-refractivity contribution >= 4 is 10.9 Å². The van der Waals surface area contributed by atoms with Gasteiger partial charge in [-0.25, -0.2) is 0 Å². The number of fused-ring (bicyclic) bond motifs is 1. The largest absolute Gasteiger partial charge is 0.573 e. The summed E-state index contributed by atoms with van der Waals surface area (Å²) in [4.78, 5) is 4.09. The van der Waals surface area contributed by atoms with Crippen LogP contribution in [0.5, 0.6) is 5.75 Å². The van der Waals surface area contributed by atoms with Crippen molar-refractivity contribution in [1.29, 1.82) is 5.26 Å². The van der Waals surface area contributed by atoms with Gasteiger partial charge in [-0.05, 0) is 36.4 Å². The fourth-order valence-corrected chi connectivity index (χ4v) is 3.22. The lowest BCUT2D eigenvalue weighted by atomic mass is 10.0. The molecular weight excluding hydrogens is 442 g/mol. The van der Waals surface area contributed by atoms with Crippen LogP contribution in [0.3, 0.4) is 0 Å². The smallest absolute Gasteiger partial charge is 0.406 e. The van der Waals surface area contributed by atoms with Crippen LogP contribution in [0.4, 0.5) is 26.3 Å². The highest BCUT2D eigenvalue weighted by Crippen LogP contribution is 2.38. The van der Waals surface area contributed by atoms with Gasteiger partial charge in [0.15, 0.2) is 5.82 Å². The molecule has 2 heterocycles. The molecule has 0 radical (unpaired) electrons. The van der Waals surface area contributed by atoms with Crippen molar-refractivity contribution in [3.63, 3.8) is 0 Å². The summed E-state index contributed by atoms with van der Waals surface area (Å²) >= 11 is 0. The molecule has 0 aliphatic heterocycles. The van der Waals surface area contributed by atoms with Gasteiger partial charge in [0.25, 0.3) is 5.89 Å². The number of hydrogen-bond acceptors (Lipinski definition) is 5. The molecule has 0 N–H and O–H groups in total. The molecule has 164 valence electrons. The highest BCUT2D eigenvalue weighted by atomic mass is 19.4. The van der Waals surface area contributed by atoms with Gasteiger partial charge < -0.3 is 13.8 Å². The second-order valence-electron chi connectivity index (χ2n) is 6.57. The highest BCUT2D eigenvalue weighted by molar-refractivity contribution is 5.86. The van der Waals surface area contributed by atoms with Crippen LogP contribution in [0.2, 0.25) is 0 Å². The maximum absolute atomic E-state index is 13.4. The summed E-state index contributed by atoms with van der Waals surface area (Å²) in [5, 5.41) is 12.6. The minimum atomic E-state index is -4.87. The van der Waals surface area contributed by atoms with E-state index < -0.39 is 29.4 Å². The molecule has 0 aliphatic rings. The Labute approximate surface area is 175 Å². The summed E-state index contributed by atoms with van der Waals surface area (Å²) < 4.78 is 87.9. The number of benzene rings is 2. The van der Waals surface area contributed by atoms with Gasteiger partial charge in [-0.3, -0.25) is 0 Å². The van der Waals surface area contributed by atoms with Gasteiger partial charge in [0.05, 0.1) is 23.7 Å². The van der Waals surface area contributed by atoms with Crippen LogP contribution in [0.15, 0.2) is 53.2 Å². The predicted molar refractivity (Wildman–Crippen MR) is 97.2 cm³/mol. The zero-order valence-electron chi connectivity index (χ0n) is 15.7. The SMILES string of the molecule is N#Cc1ccc2c(ccn2Cc2noc(-c3cccc(OC(F)(F)F)c3)n2)c1C(F)(F)F. The third-order valence-electron chi connectivity index (χ3n) is 4.45. The summed E-state index contributed by atoms with van der Waals surface area (Å²) in [5.41, 5.74) is -1.17. The zero-order chi connectivity index (χ0) is 23.1. The van der Waals surface area contributed by atoms with E-state index in [0.29, 0.717) is 0 Å². The first kappa shape index (κ1) is 21.2. The van der Waals surface area contributed by atoms with Crippen molar-refractivity contribution < 1.29 is 35.6 Å². The van der Waals surface area contributed by atoms with E-state index in [1.54, 1.807) is 6.07 Å². The van der Waals surface area contributed by atoms with E-state index in [1.807, 2.05) is 0 Å². The average molecular weight is 452 g/mol. The number of nitrogens with zero attached hydrogens (tertiary/aromatic N) is 4. The van der Waals surface area contributed by atoms with E-state index in [9.17, 15) is 26.3 Å². The number of aromatic nitrogens is 3. The first-order valence-electron chi connectivity index (χ1n) is 8.83. The molecule has 0 fully saturated rings. The summed E-state index contributed by atoms with van der Waals surface area (Å²) in [6.07, 6.45) is -8.21. The van der Waals surface area contributed by atoms with Gasteiger partial charge >= 0.3 is 12.5 Å². The van der Waals surface area contributed by atoms with Crippen molar-refractivity contribution in [2.24, 2.45) is 0 Å². The Hall–Kier alpha value is -4.01. The predicted octanol–water partition coefficient (Wildman–Crippen LogP) is 5.53. The summed E-state index contributed by atoms with van der Waals surface area (Å²) in [5.74, 6) is -0.483. The Morgan fingerprint density at radius 3 is 2.53 bits per heavy atom. The van der Waals surface area contributed by atoms with Crippen LogP contribution in [-0.2, 0) is 12.7 Å². The lowest BCUT2D eigenvalue weighted by Crippen LogP contribution is -2.17. The number of alkyl halides is 6. The standard InChI is InChI=1S/C20H10F6N4O2/c21-19(22,23)17-12(9-27)4-5-15-14(17)6-7-30(15)10-16-28-18(32-29-16)11-2-1-3-13(8-11)31-20(24,25)26/h1-8H,10H2. The van der Waals surface area contributed by atoms with Crippen molar-refractivity contribution in [1.82, 2.24) is 14.7 Å². The Morgan fingerprint density at radius 2 is 1.84 bits per heavy atom. The fourth-order valence-electron chi connectivity index (χ4n) is 3.22. The molecule has 12 heteroatoms. The molecule has 0 amide bonds. The quantitative estimate of drug-likeness (QED) is 0.381. The first-order valence-corrected chi connectivity index (χ1v) is 8.83. The molecular formula is C20H10F6N4O2. The lowest BCUT2D eigenvalue weighted by Gasteiger charge is -2.11. The number of ether oxygens (including phenoxy) is 1. The maximum Gasteiger partial charge on any atom is 0.573 e. The van der Waals surface area contributed by atoms with Gasteiger partial charge in [0, 0.05) is 22.7 Å². The normalized spacial score (nSPS) is 12.2. The van der Waals surface area contributed by atoms with E-state index in [1.165, 1.54) is 35.0 Å². The first-order chi connectivity index (χ1) is 15.0. The molecule has 0 unspecified atom stereocenters. The summed E-state index contributed by atoms with van der Waals surface area (Å²) in [6, 6.07) is 10.1. The third-order valence-corrected chi connectivity index (χ3v) is 4.45. The minimum absolute atomic E-state index is 0.0745. The van der Waals surface area contributed by atoms with Crippen molar-refractivity contribution in [3.8, 4) is 23.3 Å². The monoisotopic (exact) mass is 452 g/mol. The zero-order valence-corrected chi connectivity index (χ0v) is 15.7. The van der Waals surface area contributed by atoms with Crippen molar-refractivity contribution in [2.75, 3.05) is 0 Å². The maximum atomic E-state index is 13.4. The number of hydrogen-bond donors (Lipinski definition) is 0. The van der Waals surface area contributed by atoms with E-state index in [2.05, 4.69) is 14.9 Å². The molecule has 0 spiro atoms. The molecule has 4 rings (SSSR count). The molecule has 6 nitrogen and oxygen atoms in total. The molecule has 2 aromatic carbocycles. The highest BCUT2D eigenvalue weighted by Gasteiger charge is 2.36. The third kappa shape index (κ3) is 4.22. The van der Waals surface area contributed by atoms with Crippen LogP contribution in [-0.4, -0.2) is 21.1 Å². The van der Waals surface area contributed by atoms with Crippen molar-refractivity contribution in [2.45, 2.75) is 19.1 Å². The van der Waals surface area contributed by atoms with Crippen LogP contribution < -0.4 is 4.74 Å². The fraction of sp³-hybridized carbons (Fsp3) is 0.150. The van der Waals surface area contributed by atoms with Crippen LogP contribution in [0, 0.1) is 11.3 Å². The van der Waals surface area contributed by atoms with Crippen LogP contribution in [0.25, 0.3) is 22.4 Å². The van der Waals surface area contributed by atoms with Gasteiger partial charge in [-0.15, -0.1) is 13.2 Å². The summed E-state index contributed by atoms with van der Waals surface area (Å²) in [7, 11) is 0. The topological polar surface area (TPSA) is 76.9 Å². The summed E-state index contributed by atoms with van der Waals surface area (Å²) in [6.45, 7) is -0.0745. The minimum Gasteiger partial charge on any atom is -0.406 e. The van der Waals surface area contributed by atoms with E-state index in [-0.39, 0.29) is 34.7 Å². The second kappa shape index (κ2) is 7.60. The van der Waals surface area contributed by atoms with E-state index >= 15 is 0 Å². The molecule has 32 heavy (non-hydrogen) atoms. The Bertz CT molecular complexity index is 1330. The molecule has 0 bridgehead atoms. The number of halogens is 6. The van der Waals surface area contributed by atoms with Crippen LogP contribution >= 0.6 is 0 Å². The molecule has 0 saturated heterocycles. The van der Waals surface area contributed by atoms with Gasteiger partial charge in [-0.2, -0.15) is 23.4 Å². The molecule has 0 saturated carbocycles.